The fraction of sp³-hybridized carbons (Fsp3) is 0.333. The molecule has 10 nitrogen and oxygen atoms in total. The normalized spacial score (nSPS) is 15.4. The van der Waals surface area contributed by atoms with Crippen LogP contribution < -0.4 is 10.1 Å². The predicted octanol–water partition coefficient (Wildman–Crippen LogP) is 4.20. The van der Waals surface area contributed by atoms with E-state index < -0.39 is 11.9 Å². The lowest BCUT2D eigenvalue weighted by Gasteiger charge is -2.19. The van der Waals surface area contributed by atoms with Gasteiger partial charge in [-0.05, 0) is 18.4 Å². The fourth-order valence-corrected chi connectivity index (χ4v) is 5.20. The Morgan fingerprint density at radius 2 is 1.88 bits per heavy atom. The van der Waals surface area contributed by atoms with Crippen molar-refractivity contribution in [3.05, 3.63) is 65.6 Å². The number of nitrogens with one attached hydrogen (secondary N) is 1. The first-order valence-corrected chi connectivity index (χ1v) is 12.9. The number of aromatic nitrogens is 8. The molecule has 1 N–H and O–H groups in total. The summed E-state index contributed by atoms with van der Waals surface area (Å²) in [6.07, 6.45) is 2.53. The number of hydrogen-bond donors (Lipinski definition) is 1. The van der Waals surface area contributed by atoms with Gasteiger partial charge in [-0.25, -0.2) is 29.6 Å². The van der Waals surface area contributed by atoms with Gasteiger partial charge >= 0.3 is 6.18 Å². The maximum Gasteiger partial charge on any atom is 0.435 e. The molecule has 4 aromatic heterocycles. The molecule has 1 saturated carbocycles. The summed E-state index contributed by atoms with van der Waals surface area (Å²) in [6.45, 7) is 1.57. The molecule has 0 bridgehead atoms. The first-order chi connectivity index (χ1) is 19.4. The van der Waals surface area contributed by atoms with Crippen molar-refractivity contribution in [3.8, 4) is 28.7 Å². The summed E-state index contributed by atoms with van der Waals surface area (Å²) in [5, 5.41) is 8.29. The van der Waals surface area contributed by atoms with Gasteiger partial charge in [0.05, 0.1) is 36.6 Å². The molecule has 40 heavy (non-hydrogen) atoms. The van der Waals surface area contributed by atoms with Crippen molar-refractivity contribution in [1.82, 2.24) is 44.6 Å². The van der Waals surface area contributed by atoms with E-state index in [1.165, 1.54) is 6.33 Å². The third kappa shape index (κ3) is 4.26. The van der Waals surface area contributed by atoms with Crippen molar-refractivity contribution >= 4 is 11.0 Å². The maximum absolute atomic E-state index is 13.6. The van der Waals surface area contributed by atoms with E-state index in [0.717, 1.165) is 29.5 Å². The number of methoxy groups -OCH3 is 1. The van der Waals surface area contributed by atoms with Crippen molar-refractivity contribution < 1.29 is 17.9 Å². The SMILES string of the molecule is COc1ncnc(C2CC2)c1-c1ncc2cnn(Cc3ccc(-c4nc(C(F)(F)F)c5n4CCNC5)cc3)c2n1. The van der Waals surface area contributed by atoms with Crippen LogP contribution in [0.4, 0.5) is 13.2 Å². The van der Waals surface area contributed by atoms with Gasteiger partial charge in [-0.1, -0.05) is 24.3 Å². The van der Waals surface area contributed by atoms with Crippen LogP contribution in [0.25, 0.3) is 33.8 Å². The highest BCUT2D eigenvalue weighted by Crippen LogP contribution is 2.45. The monoisotopic (exact) mass is 547 g/mol. The summed E-state index contributed by atoms with van der Waals surface area (Å²) in [6, 6.07) is 7.35. The number of imidazole rings is 1. The van der Waals surface area contributed by atoms with E-state index in [2.05, 4.69) is 30.4 Å². The summed E-state index contributed by atoms with van der Waals surface area (Å²) in [4.78, 5) is 22.1. The zero-order valence-corrected chi connectivity index (χ0v) is 21.5. The molecule has 5 aromatic rings. The number of hydrogen-bond acceptors (Lipinski definition) is 8. The van der Waals surface area contributed by atoms with Crippen molar-refractivity contribution in [2.75, 3.05) is 13.7 Å². The van der Waals surface area contributed by atoms with E-state index in [9.17, 15) is 13.2 Å². The van der Waals surface area contributed by atoms with Gasteiger partial charge < -0.3 is 14.6 Å². The second-order valence-corrected chi connectivity index (χ2v) is 9.95. The first kappa shape index (κ1) is 24.6. The first-order valence-electron chi connectivity index (χ1n) is 12.9. The second-order valence-electron chi connectivity index (χ2n) is 9.95. The Labute approximate surface area is 226 Å². The summed E-state index contributed by atoms with van der Waals surface area (Å²) in [5.74, 6) is 1.58. The van der Waals surface area contributed by atoms with Gasteiger partial charge in [0.1, 0.15) is 17.7 Å². The van der Waals surface area contributed by atoms with Crippen LogP contribution in [0.2, 0.25) is 0 Å². The molecule has 0 atom stereocenters. The minimum absolute atomic E-state index is 0.138. The quantitative estimate of drug-likeness (QED) is 0.337. The average Bonchev–Trinajstić information content (AvgIpc) is 3.63. The van der Waals surface area contributed by atoms with Crippen molar-refractivity contribution in [2.24, 2.45) is 0 Å². The molecule has 0 amide bonds. The highest BCUT2D eigenvalue weighted by Gasteiger charge is 2.39. The molecule has 1 fully saturated rings. The molecule has 0 unspecified atom stereocenters. The van der Waals surface area contributed by atoms with E-state index >= 15 is 0 Å². The third-order valence-corrected chi connectivity index (χ3v) is 7.29. The zero-order chi connectivity index (χ0) is 27.4. The van der Waals surface area contributed by atoms with Crippen molar-refractivity contribution in [3.63, 3.8) is 0 Å². The van der Waals surface area contributed by atoms with Gasteiger partial charge in [0.2, 0.25) is 5.88 Å². The topological polar surface area (TPSA) is 108 Å². The summed E-state index contributed by atoms with van der Waals surface area (Å²) in [7, 11) is 1.56. The lowest BCUT2D eigenvalue weighted by Crippen LogP contribution is -2.29. The Hall–Kier alpha value is -4.39. The lowest BCUT2D eigenvalue weighted by molar-refractivity contribution is -0.141. The number of benzene rings is 1. The van der Waals surface area contributed by atoms with Crippen LogP contribution in [0.1, 0.15) is 41.4 Å². The maximum atomic E-state index is 13.6. The molecule has 0 spiro atoms. The Morgan fingerprint density at radius 1 is 1.05 bits per heavy atom. The molecule has 7 rings (SSSR count). The lowest BCUT2D eigenvalue weighted by atomic mass is 10.1. The Kier molecular flexibility index (Phi) is 5.77. The van der Waals surface area contributed by atoms with Crippen LogP contribution in [0.15, 0.2) is 43.0 Å². The van der Waals surface area contributed by atoms with Crippen LogP contribution in [-0.4, -0.2) is 52.9 Å². The van der Waals surface area contributed by atoms with Crippen LogP contribution in [0, 0.1) is 0 Å². The van der Waals surface area contributed by atoms with E-state index in [-0.39, 0.29) is 12.2 Å². The third-order valence-electron chi connectivity index (χ3n) is 7.29. The summed E-state index contributed by atoms with van der Waals surface area (Å²) < 4.78 is 49.8. The van der Waals surface area contributed by atoms with E-state index in [4.69, 9.17) is 9.72 Å². The molecule has 0 saturated heterocycles. The number of halogens is 3. The average molecular weight is 548 g/mol. The van der Waals surface area contributed by atoms with E-state index in [1.54, 1.807) is 40.9 Å². The number of fused-ring (bicyclic) bond motifs is 2. The van der Waals surface area contributed by atoms with Gasteiger partial charge in [-0.2, -0.15) is 18.3 Å². The fourth-order valence-electron chi connectivity index (χ4n) is 5.20. The Morgan fingerprint density at radius 3 is 2.62 bits per heavy atom. The molecule has 0 radical (unpaired) electrons. The molecule has 13 heteroatoms. The van der Waals surface area contributed by atoms with E-state index in [1.807, 2.05) is 12.1 Å². The Bertz CT molecular complexity index is 1720. The van der Waals surface area contributed by atoms with Crippen LogP contribution >= 0.6 is 0 Å². The van der Waals surface area contributed by atoms with E-state index in [0.29, 0.717) is 59.9 Å². The molecular formula is C27H24F3N9O. The number of rotatable bonds is 6. The minimum Gasteiger partial charge on any atom is -0.480 e. The number of alkyl halides is 3. The van der Waals surface area contributed by atoms with Crippen LogP contribution in [0.5, 0.6) is 5.88 Å². The molecule has 204 valence electrons. The standard InChI is InChI=1S/C27H24F3N9O/c1-40-26-20(21(16-6-7-16)33-14-34-26)23-32-10-18-11-35-39(25(18)37-23)13-15-2-4-17(5-3-15)24-36-22(27(28,29)30)19-12-31-8-9-38(19)24/h2-5,10-11,14,16,31H,6-9,12-13H2,1H3. The molecule has 1 aromatic carbocycles. The van der Waals surface area contributed by atoms with Crippen molar-refractivity contribution in [2.45, 2.75) is 44.6 Å². The highest BCUT2D eigenvalue weighted by molar-refractivity contribution is 5.77. The molecule has 1 aliphatic carbocycles. The number of nitrogens with zero attached hydrogens (tertiary/aromatic N) is 8. The van der Waals surface area contributed by atoms with Gasteiger partial charge in [-0.15, -0.1) is 0 Å². The smallest absolute Gasteiger partial charge is 0.435 e. The van der Waals surface area contributed by atoms with Crippen LogP contribution in [-0.2, 0) is 25.8 Å². The zero-order valence-electron chi connectivity index (χ0n) is 21.5. The Balaban J connectivity index is 1.20. The molecule has 5 heterocycles. The predicted molar refractivity (Wildman–Crippen MR) is 138 cm³/mol. The largest absolute Gasteiger partial charge is 0.480 e. The van der Waals surface area contributed by atoms with Crippen LogP contribution in [0.3, 0.4) is 0 Å². The highest BCUT2D eigenvalue weighted by atomic mass is 19.4. The molecule has 2 aliphatic rings. The summed E-state index contributed by atoms with van der Waals surface area (Å²) >= 11 is 0. The van der Waals surface area contributed by atoms with Gasteiger partial charge in [0.15, 0.2) is 17.2 Å². The van der Waals surface area contributed by atoms with Crippen molar-refractivity contribution in [1.29, 1.82) is 0 Å². The molecular weight excluding hydrogens is 523 g/mol. The van der Waals surface area contributed by atoms with Gasteiger partial charge in [0.25, 0.3) is 0 Å². The summed E-state index contributed by atoms with van der Waals surface area (Å²) in [5.41, 5.74) is 3.11. The molecule has 1 aliphatic heterocycles. The van der Waals surface area contributed by atoms with Gasteiger partial charge in [-0.3, -0.25) is 0 Å². The minimum atomic E-state index is -4.51. The second kappa shape index (κ2) is 9.37. The van der Waals surface area contributed by atoms with Gasteiger partial charge in [0, 0.05) is 37.3 Å². The number of ether oxygens (including phenoxy) is 1.